The molecular formula is C65H102O6. The molecule has 0 saturated heterocycles. The van der Waals surface area contributed by atoms with Gasteiger partial charge in [0.1, 0.15) is 13.2 Å². The standard InChI is InChI=1S/C65H102O6/c1-4-7-10-13-16-19-22-25-27-29-31-32-34-35-37-40-43-46-49-52-55-58-64(67)70-61-62(60-69-63(66)57-54-51-48-45-42-39-24-21-18-15-12-9-6-3)71-65(68)59-56-53-50-47-44-41-38-36-33-30-28-26-23-20-17-14-11-8-5-2/h7-8,10-12,15-17,19-21,24-28,31-33,36,41,44,50,53,62H,4-6,9,13-14,18,22-23,29-30,34-35,37-40,42-43,45-49,51-52,54-61H2,1-3H3/b10-7-,11-8-,15-12-,19-16-,20-17-,24-21-,27-25-,28-26-,32-31-,36-33-,44-41-,53-50-. The number of hydrogen-bond acceptors (Lipinski definition) is 6. The van der Waals surface area contributed by atoms with Crippen LogP contribution in [0.4, 0.5) is 0 Å². The summed E-state index contributed by atoms with van der Waals surface area (Å²) in [6, 6.07) is 0. The average molecular weight is 980 g/mol. The van der Waals surface area contributed by atoms with E-state index in [1.165, 1.54) is 38.5 Å². The number of rotatable bonds is 49. The maximum absolute atomic E-state index is 12.8. The average Bonchev–Trinajstić information content (AvgIpc) is 3.37. The van der Waals surface area contributed by atoms with Crippen LogP contribution < -0.4 is 0 Å². The van der Waals surface area contributed by atoms with Gasteiger partial charge in [0.15, 0.2) is 6.10 Å². The van der Waals surface area contributed by atoms with Gasteiger partial charge in [0.2, 0.25) is 0 Å². The summed E-state index contributed by atoms with van der Waals surface area (Å²) < 4.78 is 16.8. The fraction of sp³-hybridized carbons (Fsp3) is 0.585. The molecule has 0 spiro atoms. The normalized spacial score (nSPS) is 13.2. The van der Waals surface area contributed by atoms with Gasteiger partial charge in [0.25, 0.3) is 0 Å². The van der Waals surface area contributed by atoms with E-state index in [1.54, 1.807) is 0 Å². The zero-order chi connectivity index (χ0) is 51.4. The predicted molar refractivity (Wildman–Crippen MR) is 306 cm³/mol. The van der Waals surface area contributed by atoms with Gasteiger partial charge in [-0.15, -0.1) is 0 Å². The lowest BCUT2D eigenvalue weighted by molar-refractivity contribution is -0.166. The van der Waals surface area contributed by atoms with Crippen LogP contribution in [0.25, 0.3) is 0 Å². The third kappa shape index (κ3) is 56.1. The van der Waals surface area contributed by atoms with Crippen molar-refractivity contribution in [3.63, 3.8) is 0 Å². The van der Waals surface area contributed by atoms with Crippen molar-refractivity contribution in [2.75, 3.05) is 13.2 Å². The zero-order valence-corrected chi connectivity index (χ0v) is 45.4. The lowest BCUT2D eigenvalue weighted by atomic mass is 10.1. The summed E-state index contributed by atoms with van der Waals surface area (Å²) in [7, 11) is 0. The van der Waals surface area contributed by atoms with Gasteiger partial charge in [-0.1, -0.05) is 231 Å². The summed E-state index contributed by atoms with van der Waals surface area (Å²) >= 11 is 0. The molecule has 0 N–H and O–H groups in total. The molecule has 1 atom stereocenters. The summed E-state index contributed by atoms with van der Waals surface area (Å²) in [5, 5.41) is 0. The van der Waals surface area contributed by atoms with Crippen molar-refractivity contribution in [1.82, 2.24) is 0 Å². The molecule has 1 unspecified atom stereocenters. The molecule has 0 rings (SSSR count). The van der Waals surface area contributed by atoms with Crippen LogP contribution in [0.5, 0.6) is 0 Å². The lowest BCUT2D eigenvalue weighted by Gasteiger charge is -2.18. The highest BCUT2D eigenvalue weighted by Crippen LogP contribution is 2.13. The second kappa shape index (κ2) is 57.9. The van der Waals surface area contributed by atoms with Crippen molar-refractivity contribution in [1.29, 1.82) is 0 Å². The summed E-state index contributed by atoms with van der Waals surface area (Å²) in [5.41, 5.74) is 0. The van der Waals surface area contributed by atoms with E-state index in [0.717, 1.165) is 141 Å². The van der Waals surface area contributed by atoms with Crippen LogP contribution >= 0.6 is 0 Å². The van der Waals surface area contributed by atoms with Crippen molar-refractivity contribution < 1.29 is 28.6 Å². The highest BCUT2D eigenvalue weighted by atomic mass is 16.6. The first-order valence-corrected chi connectivity index (χ1v) is 28.3. The van der Waals surface area contributed by atoms with Gasteiger partial charge in [-0.2, -0.15) is 0 Å². The second-order valence-corrected chi connectivity index (χ2v) is 18.1. The molecule has 0 radical (unpaired) electrons. The van der Waals surface area contributed by atoms with E-state index in [1.807, 2.05) is 12.2 Å². The van der Waals surface area contributed by atoms with E-state index in [9.17, 15) is 14.4 Å². The molecule has 71 heavy (non-hydrogen) atoms. The molecule has 0 aliphatic carbocycles. The van der Waals surface area contributed by atoms with Crippen LogP contribution in [0.2, 0.25) is 0 Å². The highest BCUT2D eigenvalue weighted by molar-refractivity contribution is 5.71. The molecule has 0 saturated carbocycles. The molecule has 0 bridgehead atoms. The number of carbonyl (C=O) groups excluding carboxylic acids is 3. The first-order valence-electron chi connectivity index (χ1n) is 28.3. The van der Waals surface area contributed by atoms with E-state index >= 15 is 0 Å². The van der Waals surface area contributed by atoms with E-state index < -0.39 is 12.1 Å². The van der Waals surface area contributed by atoms with Gasteiger partial charge in [-0.25, -0.2) is 0 Å². The Morgan fingerprint density at radius 2 is 0.577 bits per heavy atom. The minimum atomic E-state index is -0.834. The molecule has 398 valence electrons. The largest absolute Gasteiger partial charge is 0.462 e. The molecular weight excluding hydrogens is 877 g/mol. The predicted octanol–water partition coefficient (Wildman–Crippen LogP) is 19.2. The Labute approximate surface area is 436 Å². The Balaban J connectivity index is 4.53. The van der Waals surface area contributed by atoms with E-state index in [0.29, 0.717) is 19.3 Å². The molecule has 6 nitrogen and oxygen atoms in total. The van der Waals surface area contributed by atoms with Gasteiger partial charge in [0.05, 0.1) is 0 Å². The Kier molecular flexibility index (Phi) is 54.0. The molecule has 6 heteroatoms. The minimum Gasteiger partial charge on any atom is -0.462 e. The van der Waals surface area contributed by atoms with Crippen LogP contribution in [-0.2, 0) is 28.6 Å². The van der Waals surface area contributed by atoms with E-state index in [-0.39, 0.29) is 31.6 Å². The summed E-state index contributed by atoms with van der Waals surface area (Å²) in [6.45, 7) is 6.25. The van der Waals surface area contributed by atoms with Crippen molar-refractivity contribution in [3.05, 3.63) is 146 Å². The number of unbranched alkanes of at least 4 members (excludes halogenated alkanes) is 14. The van der Waals surface area contributed by atoms with Crippen molar-refractivity contribution in [2.24, 2.45) is 0 Å². The quantitative estimate of drug-likeness (QED) is 0.0262. The Bertz CT molecular complexity index is 1590. The van der Waals surface area contributed by atoms with Crippen LogP contribution in [0.15, 0.2) is 146 Å². The molecule has 0 aliphatic rings. The van der Waals surface area contributed by atoms with Crippen LogP contribution in [-0.4, -0.2) is 37.2 Å². The topological polar surface area (TPSA) is 78.9 Å². The summed E-state index contributed by atoms with van der Waals surface area (Å²) in [6.07, 6.45) is 82.7. The fourth-order valence-corrected chi connectivity index (χ4v) is 7.14. The Hall–Kier alpha value is -4.71. The first kappa shape index (κ1) is 66.3. The smallest absolute Gasteiger partial charge is 0.306 e. The van der Waals surface area contributed by atoms with Gasteiger partial charge >= 0.3 is 17.9 Å². The van der Waals surface area contributed by atoms with Gasteiger partial charge in [-0.05, 0) is 122 Å². The number of allylic oxidation sites excluding steroid dienone is 24. The van der Waals surface area contributed by atoms with Gasteiger partial charge < -0.3 is 14.2 Å². The maximum atomic E-state index is 12.8. The van der Waals surface area contributed by atoms with Gasteiger partial charge in [0, 0.05) is 19.3 Å². The molecule has 0 aromatic rings. The zero-order valence-electron chi connectivity index (χ0n) is 45.4. The minimum absolute atomic E-state index is 0.123. The Morgan fingerprint density at radius 1 is 0.296 bits per heavy atom. The summed E-state index contributed by atoms with van der Waals surface area (Å²) in [4.78, 5) is 38.1. The molecule has 0 heterocycles. The first-order chi connectivity index (χ1) is 35.0. The van der Waals surface area contributed by atoms with Crippen LogP contribution in [0, 0.1) is 0 Å². The van der Waals surface area contributed by atoms with Crippen molar-refractivity contribution in [3.8, 4) is 0 Å². The molecule has 0 aromatic heterocycles. The summed E-state index contributed by atoms with van der Waals surface area (Å²) in [5.74, 6) is -1.04. The Morgan fingerprint density at radius 3 is 0.915 bits per heavy atom. The van der Waals surface area contributed by atoms with Crippen LogP contribution in [0.1, 0.15) is 226 Å². The second-order valence-electron chi connectivity index (χ2n) is 18.1. The molecule has 0 aromatic carbocycles. The van der Waals surface area contributed by atoms with Crippen LogP contribution in [0.3, 0.4) is 0 Å². The fourth-order valence-electron chi connectivity index (χ4n) is 7.14. The maximum Gasteiger partial charge on any atom is 0.306 e. The highest BCUT2D eigenvalue weighted by Gasteiger charge is 2.19. The van der Waals surface area contributed by atoms with Crippen molar-refractivity contribution in [2.45, 2.75) is 232 Å². The number of ether oxygens (including phenoxy) is 3. The van der Waals surface area contributed by atoms with E-state index in [4.69, 9.17) is 14.2 Å². The molecule has 0 fully saturated rings. The third-order valence-corrected chi connectivity index (χ3v) is 11.3. The molecule has 0 amide bonds. The number of esters is 3. The third-order valence-electron chi connectivity index (χ3n) is 11.3. The van der Waals surface area contributed by atoms with Crippen molar-refractivity contribution >= 4 is 17.9 Å². The monoisotopic (exact) mass is 979 g/mol. The SMILES string of the molecule is CC/C=C\C/C=C\C/C=C\C/C=C\C/C=C\C/C=C\CCC(=O)OC(COC(=O)CCCCCCC/C=C\C/C=C\CCC)COC(=O)CCCCCCCCCC/C=C\C/C=C\C/C=C\C/C=C\CC. The van der Waals surface area contributed by atoms with E-state index in [2.05, 4.69) is 154 Å². The number of hydrogen-bond donors (Lipinski definition) is 0. The number of carbonyl (C=O) groups is 3. The molecule has 0 aliphatic heterocycles. The van der Waals surface area contributed by atoms with Gasteiger partial charge in [-0.3, -0.25) is 14.4 Å². The lowest BCUT2D eigenvalue weighted by Crippen LogP contribution is -2.30.